The maximum atomic E-state index is 12.7. The number of benzene rings is 1. The van der Waals surface area contributed by atoms with Crippen LogP contribution in [-0.4, -0.2) is 41.7 Å². The second kappa shape index (κ2) is 6.95. The van der Waals surface area contributed by atoms with E-state index in [2.05, 4.69) is 35.5 Å². The molecule has 0 radical (unpaired) electrons. The molecule has 2 unspecified atom stereocenters. The molecule has 1 fully saturated rings. The Morgan fingerprint density at radius 3 is 2.96 bits per heavy atom. The molecule has 130 valence electrons. The molecular formula is C19H27N3O2. The van der Waals surface area contributed by atoms with Crippen LogP contribution in [0.5, 0.6) is 0 Å². The number of para-hydroxylation sites is 1. The van der Waals surface area contributed by atoms with Gasteiger partial charge in [0.25, 0.3) is 0 Å². The van der Waals surface area contributed by atoms with Crippen LogP contribution in [0.25, 0.3) is 10.9 Å². The standard InChI is InChI=1S/C19H27N3O2/c1-19(2)7-8-20-11-16(19)18(24)22-14(12-23)9-13-10-21-17-6-4-3-5-15(13)17/h3-6,10,14,16,20-21,23H,7-9,11-12H2,1-2H3,(H,22,24). The molecule has 3 rings (SSSR count). The summed E-state index contributed by atoms with van der Waals surface area (Å²) in [5.41, 5.74) is 2.18. The lowest BCUT2D eigenvalue weighted by atomic mass is 9.73. The fourth-order valence-electron chi connectivity index (χ4n) is 3.58. The molecule has 1 aromatic heterocycles. The highest BCUT2D eigenvalue weighted by molar-refractivity contribution is 5.83. The molecule has 2 aromatic rings. The van der Waals surface area contributed by atoms with Crippen LogP contribution in [0.2, 0.25) is 0 Å². The van der Waals surface area contributed by atoms with Crippen LogP contribution < -0.4 is 10.6 Å². The molecule has 5 heteroatoms. The smallest absolute Gasteiger partial charge is 0.225 e. The molecular weight excluding hydrogens is 302 g/mol. The number of carbonyl (C=O) groups excluding carboxylic acids is 1. The first kappa shape index (κ1) is 17.0. The summed E-state index contributed by atoms with van der Waals surface area (Å²) in [6, 6.07) is 7.82. The lowest BCUT2D eigenvalue weighted by Crippen LogP contribution is -2.52. The quantitative estimate of drug-likeness (QED) is 0.676. The first-order valence-corrected chi connectivity index (χ1v) is 8.68. The summed E-state index contributed by atoms with van der Waals surface area (Å²) in [4.78, 5) is 15.9. The molecule has 0 bridgehead atoms. The van der Waals surface area contributed by atoms with Crippen LogP contribution in [0.3, 0.4) is 0 Å². The van der Waals surface area contributed by atoms with E-state index in [4.69, 9.17) is 0 Å². The molecule has 0 aliphatic carbocycles. The van der Waals surface area contributed by atoms with E-state index in [1.165, 1.54) is 0 Å². The zero-order chi connectivity index (χ0) is 17.2. The number of hydrogen-bond acceptors (Lipinski definition) is 3. The molecule has 1 aromatic carbocycles. The number of hydrogen-bond donors (Lipinski definition) is 4. The number of carbonyl (C=O) groups is 1. The number of fused-ring (bicyclic) bond motifs is 1. The number of H-pyrrole nitrogens is 1. The maximum Gasteiger partial charge on any atom is 0.225 e. The highest BCUT2D eigenvalue weighted by Gasteiger charge is 2.37. The Bertz CT molecular complexity index is 707. The number of aromatic nitrogens is 1. The third kappa shape index (κ3) is 3.47. The van der Waals surface area contributed by atoms with Gasteiger partial charge >= 0.3 is 0 Å². The van der Waals surface area contributed by atoms with Crippen molar-refractivity contribution in [3.05, 3.63) is 36.0 Å². The monoisotopic (exact) mass is 329 g/mol. The molecule has 1 aliphatic rings. The van der Waals surface area contributed by atoms with Crippen molar-refractivity contribution in [1.82, 2.24) is 15.6 Å². The third-order valence-electron chi connectivity index (χ3n) is 5.26. The number of amides is 1. The summed E-state index contributed by atoms with van der Waals surface area (Å²) >= 11 is 0. The molecule has 5 nitrogen and oxygen atoms in total. The van der Waals surface area contributed by atoms with Gasteiger partial charge < -0.3 is 20.7 Å². The predicted molar refractivity (Wildman–Crippen MR) is 95.8 cm³/mol. The number of nitrogens with one attached hydrogen (secondary N) is 3. The first-order chi connectivity index (χ1) is 11.5. The van der Waals surface area contributed by atoms with Crippen molar-refractivity contribution in [2.75, 3.05) is 19.7 Å². The molecule has 2 heterocycles. The minimum absolute atomic E-state index is 0.0177. The number of piperidine rings is 1. The summed E-state index contributed by atoms with van der Waals surface area (Å²) < 4.78 is 0. The van der Waals surface area contributed by atoms with Crippen molar-refractivity contribution in [2.24, 2.45) is 11.3 Å². The van der Waals surface area contributed by atoms with E-state index in [-0.39, 0.29) is 29.9 Å². The summed E-state index contributed by atoms with van der Waals surface area (Å²) in [5.74, 6) is -0.0330. The van der Waals surface area contributed by atoms with Crippen molar-refractivity contribution in [2.45, 2.75) is 32.7 Å². The molecule has 24 heavy (non-hydrogen) atoms. The average molecular weight is 329 g/mol. The molecule has 2 atom stereocenters. The lowest BCUT2D eigenvalue weighted by Gasteiger charge is -2.38. The number of aliphatic hydroxyl groups is 1. The zero-order valence-corrected chi connectivity index (χ0v) is 14.4. The average Bonchev–Trinajstić information content (AvgIpc) is 2.97. The van der Waals surface area contributed by atoms with Gasteiger partial charge in [0, 0.05) is 23.6 Å². The second-order valence-corrected chi connectivity index (χ2v) is 7.45. The van der Waals surface area contributed by atoms with E-state index in [1.54, 1.807) is 0 Å². The fraction of sp³-hybridized carbons (Fsp3) is 0.526. The molecule has 4 N–H and O–H groups in total. The topological polar surface area (TPSA) is 77.2 Å². The Morgan fingerprint density at radius 1 is 1.42 bits per heavy atom. The van der Waals surface area contributed by atoms with E-state index < -0.39 is 0 Å². The summed E-state index contributed by atoms with van der Waals surface area (Å²) in [5, 5.41) is 17.2. The molecule has 0 saturated carbocycles. The second-order valence-electron chi connectivity index (χ2n) is 7.45. The van der Waals surface area contributed by atoms with Crippen molar-refractivity contribution in [1.29, 1.82) is 0 Å². The van der Waals surface area contributed by atoms with Gasteiger partial charge in [0.1, 0.15) is 0 Å². The lowest BCUT2D eigenvalue weighted by molar-refractivity contribution is -0.130. The number of aliphatic hydroxyl groups excluding tert-OH is 1. The minimum Gasteiger partial charge on any atom is -0.394 e. The van der Waals surface area contributed by atoms with Crippen molar-refractivity contribution in [3.8, 4) is 0 Å². The van der Waals surface area contributed by atoms with Crippen molar-refractivity contribution >= 4 is 16.8 Å². The van der Waals surface area contributed by atoms with Gasteiger partial charge in [-0.3, -0.25) is 4.79 Å². The van der Waals surface area contributed by atoms with Crippen LogP contribution in [0.15, 0.2) is 30.5 Å². The zero-order valence-electron chi connectivity index (χ0n) is 14.4. The highest BCUT2D eigenvalue weighted by Crippen LogP contribution is 2.33. The Kier molecular flexibility index (Phi) is 4.92. The van der Waals surface area contributed by atoms with E-state index >= 15 is 0 Å². The van der Waals surface area contributed by atoms with Crippen LogP contribution in [0, 0.1) is 11.3 Å². The Hall–Kier alpha value is -1.85. The minimum atomic E-state index is -0.269. The van der Waals surface area contributed by atoms with Crippen LogP contribution in [-0.2, 0) is 11.2 Å². The van der Waals surface area contributed by atoms with Gasteiger partial charge in [-0.2, -0.15) is 0 Å². The van der Waals surface area contributed by atoms with E-state index in [9.17, 15) is 9.90 Å². The Morgan fingerprint density at radius 2 is 2.21 bits per heavy atom. The van der Waals surface area contributed by atoms with E-state index in [0.717, 1.165) is 29.4 Å². The largest absolute Gasteiger partial charge is 0.394 e. The summed E-state index contributed by atoms with van der Waals surface area (Å²) in [7, 11) is 0. The third-order valence-corrected chi connectivity index (χ3v) is 5.26. The van der Waals surface area contributed by atoms with Crippen molar-refractivity contribution in [3.63, 3.8) is 0 Å². The molecule has 1 aliphatic heterocycles. The van der Waals surface area contributed by atoms with Gasteiger partial charge in [0.15, 0.2) is 0 Å². The van der Waals surface area contributed by atoms with Crippen LogP contribution in [0.4, 0.5) is 0 Å². The van der Waals surface area contributed by atoms with E-state index in [0.29, 0.717) is 13.0 Å². The Labute approximate surface area is 142 Å². The first-order valence-electron chi connectivity index (χ1n) is 8.68. The van der Waals surface area contributed by atoms with Crippen LogP contribution >= 0.6 is 0 Å². The maximum absolute atomic E-state index is 12.7. The van der Waals surface area contributed by atoms with Crippen molar-refractivity contribution < 1.29 is 9.90 Å². The fourth-order valence-corrected chi connectivity index (χ4v) is 3.58. The number of rotatable bonds is 5. The van der Waals surface area contributed by atoms with Gasteiger partial charge in [-0.25, -0.2) is 0 Å². The normalized spacial score (nSPS) is 21.5. The van der Waals surface area contributed by atoms with Gasteiger partial charge in [0.2, 0.25) is 5.91 Å². The molecule has 1 amide bonds. The van der Waals surface area contributed by atoms with Gasteiger partial charge in [0.05, 0.1) is 18.6 Å². The van der Waals surface area contributed by atoms with Crippen LogP contribution in [0.1, 0.15) is 25.8 Å². The summed E-state index contributed by atoms with van der Waals surface area (Å²) in [6.07, 6.45) is 3.57. The molecule has 0 spiro atoms. The SMILES string of the molecule is CC1(C)CCNCC1C(=O)NC(CO)Cc1c[nH]c2ccccc12. The predicted octanol–water partition coefficient (Wildman–Crippen LogP) is 1.82. The van der Waals surface area contributed by atoms with Gasteiger partial charge in [-0.05, 0) is 36.4 Å². The van der Waals surface area contributed by atoms with Gasteiger partial charge in [-0.15, -0.1) is 0 Å². The highest BCUT2D eigenvalue weighted by atomic mass is 16.3. The van der Waals surface area contributed by atoms with Gasteiger partial charge in [-0.1, -0.05) is 32.0 Å². The number of aromatic amines is 1. The Balaban J connectivity index is 1.69. The van der Waals surface area contributed by atoms with E-state index in [1.807, 2.05) is 24.4 Å². The molecule has 1 saturated heterocycles. The summed E-state index contributed by atoms with van der Waals surface area (Å²) in [6.45, 7) is 5.88.